The first-order valence-electron chi connectivity index (χ1n) is 11.3. The molecule has 0 bridgehead atoms. The van der Waals surface area contributed by atoms with Gasteiger partial charge in [-0.15, -0.1) is 0 Å². The second-order valence-corrected chi connectivity index (χ2v) is 10.3. The average Bonchev–Trinajstić information content (AvgIpc) is 2.73. The van der Waals surface area contributed by atoms with Crippen molar-refractivity contribution in [2.45, 2.75) is 53.1 Å². The molecule has 1 aromatic heterocycles. The van der Waals surface area contributed by atoms with E-state index in [2.05, 4.69) is 10.2 Å². The summed E-state index contributed by atoms with van der Waals surface area (Å²) in [6.45, 7) is 13.7. The lowest BCUT2D eigenvalue weighted by atomic mass is 10.1. The maximum atomic E-state index is 13.4. The highest BCUT2D eigenvalue weighted by molar-refractivity contribution is 6.30. The van der Waals surface area contributed by atoms with Gasteiger partial charge in [0.25, 0.3) is 11.8 Å². The molecule has 0 aliphatic carbocycles. The van der Waals surface area contributed by atoms with Gasteiger partial charge >= 0.3 is 0 Å². The van der Waals surface area contributed by atoms with Crippen molar-refractivity contribution in [2.75, 3.05) is 31.1 Å². The third kappa shape index (κ3) is 5.77. The van der Waals surface area contributed by atoms with Crippen molar-refractivity contribution in [1.82, 2.24) is 14.8 Å². The second kappa shape index (κ2) is 9.59. The zero-order valence-electron chi connectivity index (χ0n) is 20.2. The highest BCUT2D eigenvalue weighted by Crippen LogP contribution is 2.25. The molecular formula is C25H33ClN4O3. The minimum absolute atomic E-state index is 0.0130. The summed E-state index contributed by atoms with van der Waals surface area (Å²) in [7, 11) is 0. The highest BCUT2D eigenvalue weighted by atomic mass is 35.5. The molecule has 0 spiro atoms. The quantitative estimate of drug-likeness (QED) is 0.732. The number of pyridine rings is 1. The number of carbonyl (C=O) groups is 2. The molecule has 1 N–H and O–H groups in total. The fourth-order valence-electron chi connectivity index (χ4n) is 3.86. The van der Waals surface area contributed by atoms with Crippen LogP contribution in [-0.4, -0.2) is 53.0 Å². The lowest BCUT2D eigenvalue weighted by Gasteiger charge is -2.37. The van der Waals surface area contributed by atoms with Crippen molar-refractivity contribution in [3.8, 4) is 0 Å². The van der Waals surface area contributed by atoms with Crippen LogP contribution in [0.5, 0.6) is 0 Å². The van der Waals surface area contributed by atoms with Crippen LogP contribution in [0.4, 0.5) is 5.69 Å². The van der Waals surface area contributed by atoms with Crippen LogP contribution in [0.2, 0.25) is 5.02 Å². The first-order chi connectivity index (χ1) is 15.4. The maximum Gasteiger partial charge on any atom is 0.259 e. The van der Waals surface area contributed by atoms with Crippen LogP contribution in [0.15, 0.2) is 35.4 Å². The van der Waals surface area contributed by atoms with Gasteiger partial charge in [0.05, 0.1) is 0 Å². The van der Waals surface area contributed by atoms with Crippen molar-refractivity contribution >= 4 is 29.1 Å². The summed E-state index contributed by atoms with van der Waals surface area (Å²) in [5, 5.41) is 3.50. The molecule has 2 heterocycles. The van der Waals surface area contributed by atoms with E-state index in [4.69, 9.17) is 11.6 Å². The third-order valence-corrected chi connectivity index (χ3v) is 5.92. The van der Waals surface area contributed by atoms with Gasteiger partial charge in [0.1, 0.15) is 11.1 Å². The molecule has 2 aromatic rings. The number of rotatable bonds is 4. The van der Waals surface area contributed by atoms with Gasteiger partial charge in [0.15, 0.2) is 0 Å². The van der Waals surface area contributed by atoms with E-state index in [1.165, 1.54) is 6.20 Å². The van der Waals surface area contributed by atoms with Gasteiger partial charge in [0.2, 0.25) is 5.43 Å². The summed E-state index contributed by atoms with van der Waals surface area (Å²) in [6.07, 6.45) is 3.10. The predicted octanol–water partition coefficient (Wildman–Crippen LogP) is 3.88. The smallest absolute Gasteiger partial charge is 0.259 e. The summed E-state index contributed by atoms with van der Waals surface area (Å²) in [5.74, 6) is -0.819. The Morgan fingerprint density at radius 3 is 2.21 bits per heavy atom. The van der Waals surface area contributed by atoms with Crippen LogP contribution in [0.1, 0.15) is 66.9 Å². The molecule has 1 aliphatic heterocycles. The van der Waals surface area contributed by atoms with Gasteiger partial charge in [-0.05, 0) is 59.2 Å². The molecule has 1 aromatic carbocycles. The Morgan fingerprint density at radius 1 is 1.03 bits per heavy atom. The summed E-state index contributed by atoms with van der Waals surface area (Å²) >= 11 is 6.17. The molecule has 0 radical (unpaired) electrons. The van der Waals surface area contributed by atoms with Gasteiger partial charge in [-0.1, -0.05) is 17.7 Å². The van der Waals surface area contributed by atoms with E-state index in [0.717, 1.165) is 11.3 Å². The van der Waals surface area contributed by atoms with Crippen molar-refractivity contribution < 1.29 is 9.59 Å². The molecule has 0 unspecified atom stereocenters. The van der Waals surface area contributed by atoms with Gasteiger partial charge in [-0.25, -0.2) is 0 Å². The average molecular weight is 473 g/mol. The number of hydrogen-bond acceptors (Lipinski definition) is 4. The lowest BCUT2D eigenvalue weighted by molar-refractivity contribution is 0.0744. The molecule has 33 heavy (non-hydrogen) atoms. The molecule has 0 saturated carbocycles. The number of nitrogens with zero attached hydrogens (tertiary/aromatic N) is 3. The van der Waals surface area contributed by atoms with Crippen LogP contribution in [0, 0.1) is 6.92 Å². The van der Waals surface area contributed by atoms with Crippen molar-refractivity contribution in [1.29, 1.82) is 0 Å². The van der Waals surface area contributed by atoms with E-state index < -0.39 is 16.9 Å². The fourth-order valence-corrected chi connectivity index (χ4v) is 4.03. The zero-order valence-corrected chi connectivity index (χ0v) is 21.0. The number of amides is 2. The first kappa shape index (κ1) is 24.8. The van der Waals surface area contributed by atoms with E-state index in [1.54, 1.807) is 15.7 Å². The van der Waals surface area contributed by atoms with Gasteiger partial charge in [0, 0.05) is 60.9 Å². The van der Waals surface area contributed by atoms with Gasteiger partial charge < -0.3 is 19.7 Å². The number of benzene rings is 1. The van der Waals surface area contributed by atoms with E-state index in [1.807, 2.05) is 59.7 Å². The summed E-state index contributed by atoms with van der Waals surface area (Å²) in [6, 6.07) is 5.77. The standard InChI is InChI=1S/C25H33ClN4O3/c1-16(2)30-14-19(23(32)27-25(4,5)6)22(31)20(15-30)24(33)29-11-9-28(10-12-29)21-13-18(26)8-7-17(21)3/h7-8,13-16H,9-12H2,1-6H3,(H,27,32). The Labute approximate surface area is 200 Å². The van der Waals surface area contributed by atoms with Crippen LogP contribution in [0.3, 0.4) is 0 Å². The summed E-state index contributed by atoms with van der Waals surface area (Å²) < 4.78 is 1.75. The maximum absolute atomic E-state index is 13.4. The first-order valence-corrected chi connectivity index (χ1v) is 11.6. The van der Waals surface area contributed by atoms with Crippen molar-refractivity contribution in [2.24, 2.45) is 0 Å². The molecule has 2 amide bonds. The van der Waals surface area contributed by atoms with Gasteiger partial charge in [-0.3, -0.25) is 14.4 Å². The van der Waals surface area contributed by atoms with Crippen LogP contribution in [0.25, 0.3) is 0 Å². The predicted molar refractivity (Wildman–Crippen MR) is 133 cm³/mol. The SMILES string of the molecule is Cc1ccc(Cl)cc1N1CCN(C(=O)c2cn(C(C)C)cc(C(=O)NC(C)(C)C)c2=O)CC1. The molecule has 8 heteroatoms. The number of hydrogen-bond donors (Lipinski definition) is 1. The topological polar surface area (TPSA) is 74.7 Å². The van der Waals surface area contributed by atoms with Crippen molar-refractivity contribution in [3.05, 3.63) is 62.5 Å². The van der Waals surface area contributed by atoms with E-state index in [9.17, 15) is 14.4 Å². The van der Waals surface area contributed by atoms with E-state index in [0.29, 0.717) is 31.2 Å². The molecule has 7 nitrogen and oxygen atoms in total. The Morgan fingerprint density at radius 2 is 1.64 bits per heavy atom. The molecule has 1 aliphatic rings. The van der Waals surface area contributed by atoms with Crippen LogP contribution >= 0.6 is 11.6 Å². The van der Waals surface area contributed by atoms with Gasteiger partial charge in [-0.2, -0.15) is 0 Å². The molecule has 0 atom stereocenters. The van der Waals surface area contributed by atoms with Crippen LogP contribution in [-0.2, 0) is 0 Å². The zero-order chi connectivity index (χ0) is 24.5. The van der Waals surface area contributed by atoms with Crippen molar-refractivity contribution in [3.63, 3.8) is 0 Å². The minimum Gasteiger partial charge on any atom is -0.368 e. The van der Waals surface area contributed by atoms with Crippen LogP contribution < -0.4 is 15.6 Å². The molecule has 1 saturated heterocycles. The molecule has 3 rings (SSSR count). The molecule has 1 fully saturated rings. The Kier molecular flexibility index (Phi) is 7.22. The number of nitrogens with one attached hydrogen (secondary N) is 1. The molecular weight excluding hydrogens is 440 g/mol. The summed E-state index contributed by atoms with van der Waals surface area (Å²) in [5.41, 5.74) is 1.15. The van der Waals surface area contributed by atoms with E-state index in [-0.39, 0.29) is 23.1 Å². The number of aromatic nitrogens is 1. The Balaban J connectivity index is 1.86. The highest BCUT2D eigenvalue weighted by Gasteiger charge is 2.28. The van der Waals surface area contributed by atoms with E-state index >= 15 is 0 Å². The Bertz CT molecular complexity index is 1110. The molecule has 178 valence electrons. The minimum atomic E-state index is -0.535. The number of aryl methyl sites for hydroxylation is 1. The monoisotopic (exact) mass is 472 g/mol. The Hall–Kier alpha value is -2.80. The number of carbonyl (C=O) groups excluding carboxylic acids is 2. The number of piperazine rings is 1. The largest absolute Gasteiger partial charge is 0.368 e. The second-order valence-electron chi connectivity index (χ2n) is 9.87. The number of anilines is 1. The summed E-state index contributed by atoms with van der Waals surface area (Å²) in [4.78, 5) is 43.2. The fraction of sp³-hybridized carbons (Fsp3) is 0.480. The number of halogens is 1. The third-order valence-electron chi connectivity index (χ3n) is 5.68. The lowest BCUT2D eigenvalue weighted by Crippen LogP contribution is -2.50. The normalized spacial score (nSPS) is 14.5.